The molecule has 34 heavy (non-hydrogen) atoms. The molecule has 0 radical (unpaired) electrons. The van der Waals surface area contributed by atoms with Crippen molar-refractivity contribution in [3.63, 3.8) is 0 Å². The number of benzene rings is 1. The lowest BCUT2D eigenvalue weighted by Gasteiger charge is -2.38. The van der Waals surface area contributed by atoms with Crippen LogP contribution in [0.2, 0.25) is 13.1 Å². The molecule has 2 aliphatic rings. The van der Waals surface area contributed by atoms with Crippen LogP contribution >= 0.6 is 11.3 Å². The van der Waals surface area contributed by atoms with E-state index in [4.69, 9.17) is 0 Å². The Hall–Kier alpha value is -3.23. The average Bonchev–Trinajstić information content (AvgIpc) is 3.11. The first-order chi connectivity index (χ1) is 15.9. The molecular weight excluding hydrogens is 464 g/mol. The van der Waals surface area contributed by atoms with Crippen LogP contribution in [0.4, 0.5) is 5.69 Å². The number of hydrogen-bond donors (Lipinski definition) is 2. The maximum atomic E-state index is 12.3. The molecule has 1 aliphatic heterocycles. The molecule has 0 atom stereocenters. The molecule has 6 nitrogen and oxygen atoms in total. The summed E-state index contributed by atoms with van der Waals surface area (Å²) in [7, 11) is 5.85. The Kier molecular flexibility index (Phi) is 5.78. The zero-order chi connectivity index (χ0) is 25.1. The van der Waals surface area contributed by atoms with E-state index < -0.39 is 20.0 Å². The van der Waals surface area contributed by atoms with Gasteiger partial charge in [-0.05, 0) is 57.8 Å². The maximum Gasteiger partial charge on any atom is 0.346 e. The van der Waals surface area contributed by atoms with Crippen molar-refractivity contribution in [3.05, 3.63) is 73.6 Å². The van der Waals surface area contributed by atoms with Gasteiger partial charge >= 0.3 is 11.9 Å². The van der Waals surface area contributed by atoms with Crippen molar-refractivity contribution in [2.75, 3.05) is 33.1 Å². The van der Waals surface area contributed by atoms with Gasteiger partial charge in [-0.15, -0.1) is 11.3 Å². The first-order valence-corrected chi connectivity index (χ1v) is 14.8. The Balaban J connectivity index is 2.18. The number of fused-ring (bicyclic) bond motifs is 2. The first kappa shape index (κ1) is 23.9. The molecule has 0 saturated carbocycles. The van der Waals surface area contributed by atoms with E-state index in [9.17, 15) is 19.8 Å². The number of nitrogens with zero attached hydrogens (tertiary/aromatic N) is 2. The van der Waals surface area contributed by atoms with Crippen LogP contribution in [0.3, 0.4) is 0 Å². The summed E-state index contributed by atoms with van der Waals surface area (Å²) >= 11 is 0.836. The third-order valence-corrected chi connectivity index (χ3v) is 11.5. The van der Waals surface area contributed by atoms with Crippen molar-refractivity contribution in [2.24, 2.45) is 0 Å². The van der Waals surface area contributed by atoms with Crippen LogP contribution in [-0.2, 0) is 0 Å². The highest BCUT2D eigenvalue weighted by Crippen LogP contribution is 2.45. The molecule has 1 aromatic heterocycles. The van der Waals surface area contributed by atoms with Crippen molar-refractivity contribution in [1.82, 2.24) is 0 Å². The lowest BCUT2D eigenvalue weighted by molar-refractivity contribution is -0.462. The van der Waals surface area contributed by atoms with E-state index in [2.05, 4.69) is 46.9 Å². The molecule has 1 aliphatic carbocycles. The minimum Gasteiger partial charge on any atom is -0.477 e. The molecule has 8 heteroatoms. The van der Waals surface area contributed by atoms with Gasteiger partial charge < -0.3 is 15.1 Å². The summed E-state index contributed by atoms with van der Waals surface area (Å²) in [5.74, 6) is -2.21. The van der Waals surface area contributed by atoms with Crippen molar-refractivity contribution in [3.8, 4) is 0 Å². The van der Waals surface area contributed by atoms with Gasteiger partial charge in [0, 0.05) is 37.5 Å². The number of carbonyl (C=O) groups is 2. The summed E-state index contributed by atoms with van der Waals surface area (Å²) in [6.45, 7) is 6.36. The summed E-state index contributed by atoms with van der Waals surface area (Å²) < 4.78 is 2.07. The van der Waals surface area contributed by atoms with Gasteiger partial charge in [0.1, 0.15) is 31.9 Å². The molecule has 0 saturated heterocycles. The van der Waals surface area contributed by atoms with Crippen LogP contribution < -0.4 is 10.1 Å². The molecule has 0 fully saturated rings. The third-order valence-electron chi connectivity index (χ3n) is 6.71. The lowest BCUT2D eigenvalue weighted by atomic mass is 9.87. The van der Waals surface area contributed by atoms with Crippen LogP contribution in [0, 0.1) is 6.92 Å². The van der Waals surface area contributed by atoms with E-state index in [-0.39, 0.29) is 9.75 Å². The molecular formula is C26H29N2O4SSi+. The zero-order valence-electron chi connectivity index (χ0n) is 20.5. The molecule has 0 spiro atoms. The van der Waals surface area contributed by atoms with E-state index in [1.54, 1.807) is 6.92 Å². The number of anilines is 1. The summed E-state index contributed by atoms with van der Waals surface area (Å²) in [6.07, 6.45) is 6.33. The minimum absolute atomic E-state index is 0.0662. The summed E-state index contributed by atoms with van der Waals surface area (Å²) in [5, 5.41) is 22.2. The quantitative estimate of drug-likeness (QED) is 0.497. The van der Waals surface area contributed by atoms with Gasteiger partial charge in [0.25, 0.3) is 0 Å². The molecule has 0 bridgehead atoms. The number of carboxylic acids is 2. The number of hydrogen-bond acceptors (Lipinski definition) is 4. The molecule has 1 aromatic carbocycles. The van der Waals surface area contributed by atoms with E-state index in [0.29, 0.717) is 11.1 Å². The van der Waals surface area contributed by atoms with Gasteiger partial charge in [0.05, 0.1) is 0 Å². The first-order valence-electron chi connectivity index (χ1n) is 11.0. The number of thiophene rings is 1. The predicted octanol–water partition coefficient (Wildman–Crippen LogP) is 4.00. The highest BCUT2D eigenvalue weighted by Gasteiger charge is 2.42. The fourth-order valence-electron chi connectivity index (χ4n) is 4.82. The molecule has 4 rings (SSSR count). The van der Waals surface area contributed by atoms with E-state index in [1.807, 2.05) is 40.3 Å². The monoisotopic (exact) mass is 493 g/mol. The Morgan fingerprint density at radius 1 is 1.03 bits per heavy atom. The highest BCUT2D eigenvalue weighted by molar-refractivity contribution is 7.16. The molecule has 176 valence electrons. The maximum absolute atomic E-state index is 12.3. The topological polar surface area (TPSA) is 80.8 Å². The van der Waals surface area contributed by atoms with Gasteiger partial charge in [-0.2, -0.15) is 0 Å². The second-order valence-corrected chi connectivity index (χ2v) is 15.0. The Labute approximate surface area is 204 Å². The van der Waals surface area contributed by atoms with Crippen LogP contribution in [0.25, 0.3) is 5.57 Å². The number of aromatic carboxylic acids is 2. The van der Waals surface area contributed by atoms with Crippen molar-refractivity contribution in [2.45, 2.75) is 20.0 Å². The fraction of sp³-hybridized carbons (Fsp3) is 0.269. The standard InChI is InChI=1S/C26H28N2O4SSi/c1-14-21(24(26(31)32)33-23(14)25(29)30)22-17-10-8-15(27(2)3)12-19(17)34(6,7)20-13-16(28(4)5)9-11-18(20)22/h8-13H,1-7H3,(H-,29,30,31,32)/p+1. The van der Waals surface area contributed by atoms with Gasteiger partial charge in [0.15, 0.2) is 5.71 Å². The average molecular weight is 494 g/mol. The highest BCUT2D eigenvalue weighted by atomic mass is 32.1. The summed E-state index contributed by atoms with van der Waals surface area (Å²) in [5.41, 5.74) is 5.97. The van der Waals surface area contributed by atoms with Gasteiger partial charge in [-0.1, -0.05) is 19.2 Å². The van der Waals surface area contributed by atoms with E-state index in [1.165, 1.54) is 10.4 Å². The van der Waals surface area contributed by atoms with Crippen LogP contribution in [0.15, 0.2) is 47.2 Å². The summed E-state index contributed by atoms with van der Waals surface area (Å²) in [4.78, 5) is 26.4. The van der Waals surface area contributed by atoms with Gasteiger partial charge in [0.2, 0.25) is 0 Å². The molecule has 0 amide bonds. The van der Waals surface area contributed by atoms with Crippen LogP contribution in [0.1, 0.15) is 36.0 Å². The molecule has 2 aromatic rings. The SMILES string of the molecule is Cc1c(C(=O)O)sc(C(=O)O)c1C1=C2C=CC(=[N+](C)C)C=C2[Si](C)(C)c2cc(N(C)C)ccc21. The lowest BCUT2D eigenvalue weighted by Crippen LogP contribution is -2.49. The third kappa shape index (κ3) is 3.57. The predicted molar refractivity (Wildman–Crippen MR) is 141 cm³/mol. The van der Waals surface area contributed by atoms with E-state index >= 15 is 0 Å². The smallest absolute Gasteiger partial charge is 0.346 e. The summed E-state index contributed by atoms with van der Waals surface area (Å²) in [6, 6.07) is 6.33. The zero-order valence-corrected chi connectivity index (χ0v) is 22.3. The Morgan fingerprint density at radius 2 is 1.68 bits per heavy atom. The van der Waals surface area contributed by atoms with Gasteiger partial charge in [-0.3, -0.25) is 0 Å². The molecule has 0 unspecified atom stereocenters. The number of allylic oxidation sites excluding steroid dienone is 5. The largest absolute Gasteiger partial charge is 0.477 e. The normalized spacial score (nSPS) is 16.1. The Bertz CT molecular complexity index is 1390. The second-order valence-electron chi connectivity index (χ2n) is 9.62. The molecule has 2 N–H and O–H groups in total. The second kappa shape index (κ2) is 8.21. The fourth-order valence-corrected chi connectivity index (χ4v) is 8.88. The van der Waals surface area contributed by atoms with E-state index in [0.717, 1.165) is 39.4 Å². The Morgan fingerprint density at radius 3 is 2.24 bits per heavy atom. The number of rotatable bonds is 4. The van der Waals surface area contributed by atoms with Crippen molar-refractivity contribution >= 4 is 53.5 Å². The van der Waals surface area contributed by atoms with Gasteiger partial charge in [-0.25, -0.2) is 14.2 Å². The van der Waals surface area contributed by atoms with Crippen molar-refractivity contribution < 1.29 is 24.4 Å². The van der Waals surface area contributed by atoms with Crippen LogP contribution in [-0.4, -0.2) is 68.7 Å². The van der Waals surface area contributed by atoms with Crippen LogP contribution in [0.5, 0.6) is 0 Å². The van der Waals surface area contributed by atoms with Crippen molar-refractivity contribution in [1.29, 1.82) is 0 Å². The number of carboxylic acid groups (broad SMARTS) is 2. The minimum atomic E-state index is -2.17. The molecule has 2 heterocycles.